The zero-order chi connectivity index (χ0) is 28.8. The Morgan fingerprint density at radius 2 is 1.87 bits per heavy atom. The van der Waals surface area contributed by atoms with Crippen molar-refractivity contribution in [3.63, 3.8) is 0 Å². The molecule has 1 aliphatic carbocycles. The van der Waals surface area contributed by atoms with Crippen LogP contribution in [0.1, 0.15) is 85.4 Å². The average molecular weight is 534 g/mol. The highest BCUT2D eigenvalue weighted by molar-refractivity contribution is 6.03. The summed E-state index contributed by atoms with van der Waals surface area (Å²) in [6.07, 6.45) is 13.2. The van der Waals surface area contributed by atoms with Crippen molar-refractivity contribution < 1.29 is 9.53 Å². The van der Waals surface area contributed by atoms with E-state index in [4.69, 9.17) is 15.0 Å². The lowest BCUT2D eigenvalue weighted by molar-refractivity contribution is 0.0620. The molecule has 0 bridgehead atoms. The maximum absolute atomic E-state index is 12.2. The van der Waals surface area contributed by atoms with Gasteiger partial charge in [0, 0.05) is 61.3 Å². The van der Waals surface area contributed by atoms with E-state index in [1.165, 1.54) is 29.7 Å². The number of rotatable bonds is 9. The number of piperazine rings is 1. The highest BCUT2D eigenvalue weighted by Crippen LogP contribution is 2.41. The Bertz CT molecular complexity index is 1100. The van der Waals surface area contributed by atoms with Gasteiger partial charge < -0.3 is 14.5 Å². The van der Waals surface area contributed by atoms with E-state index in [2.05, 4.69) is 62.7 Å². The van der Waals surface area contributed by atoms with Crippen LogP contribution in [-0.4, -0.2) is 58.9 Å². The fraction of sp³-hybridized carbons (Fsp3) is 0.562. The molecule has 0 atom stereocenters. The van der Waals surface area contributed by atoms with Crippen LogP contribution < -0.4 is 0 Å². The summed E-state index contributed by atoms with van der Waals surface area (Å²) in [5.41, 5.74) is 6.75. The second kappa shape index (κ2) is 16.5. The molecule has 2 heterocycles. The van der Waals surface area contributed by atoms with Crippen molar-refractivity contribution in [2.45, 2.75) is 86.7 Å². The Balaban J connectivity index is 0.000000404. The molecule has 2 fully saturated rings. The summed E-state index contributed by atoms with van der Waals surface area (Å²) < 4.78 is 5.34. The molecule has 1 aliphatic heterocycles. The molecule has 1 aromatic rings. The number of carbonyl (C=O) groups is 1. The SMILES string of the molecule is CCCc1cc(C#N)ccn1.C\C=C(C(/C(C)=N/C=C/CC)=C(/C)N1CCN(C(=O)OC(C)C)CC1)\C1CC1. The minimum Gasteiger partial charge on any atom is -0.447 e. The molecule has 0 spiro atoms. The number of amides is 1. The van der Waals surface area contributed by atoms with Crippen LogP contribution in [0.3, 0.4) is 0 Å². The molecule has 0 unspecified atom stereocenters. The van der Waals surface area contributed by atoms with E-state index < -0.39 is 0 Å². The summed E-state index contributed by atoms with van der Waals surface area (Å²) in [5.74, 6) is 0.664. The number of aryl methyl sites for hydroxylation is 1. The molecule has 2 aliphatic rings. The van der Waals surface area contributed by atoms with Crippen LogP contribution >= 0.6 is 0 Å². The van der Waals surface area contributed by atoms with Crippen molar-refractivity contribution in [1.82, 2.24) is 14.8 Å². The smallest absolute Gasteiger partial charge is 0.410 e. The third kappa shape index (κ3) is 10.4. The van der Waals surface area contributed by atoms with Gasteiger partial charge in [-0.2, -0.15) is 5.26 Å². The molecule has 1 saturated heterocycles. The molecule has 1 saturated carbocycles. The van der Waals surface area contributed by atoms with E-state index in [0.29, 0.717) is 24.6 Å². The fourth-order valence-corrected chi connectivity index (χ4v) is 4.59. The molecule has 3 rings (SSSR count). The van der Waals surface area contributed by atoms with Gasteiger partial charge in [0.15, 0.2) is 0 Å². The third-order valence-corrected chi connectivity index (χ3v) is 6.75. The van der Waals surface area contributed by atoms with Gasteiger partial charge in [-0.1, -0.05) is 32.4 Å². The molecule has 0 aromatic carbocycles. The van der Waals surface area contributed by atoms with Crippen molar-refractivity contribution in [3.05, 3.63) is 64.8 Å². The van der Waals surface area contributed by atoms with E-state index in [0.717, 1.165) is 43.8 Å². The van der Waals surface area contributed by atoms with Crippen LogP contribution in [0.15, 0.2) is 58.5 Å². The Hall–Kier alpha value is -3.40. The van der Waals surface area contributed by atoms with Gasteiger partial charge in [-0.3, -0.25) is 9.98 Å². The van der Waals surface area contributed by atoms with Gasteiger partial charge in [-0.25, -0.2) is 4.79 Å². The van der Waals surface area contributed by atoms with Crippen LogP contribution in [0.25, 0.3) is 0 Å². The number of ether oxygens (including phenoxy) is 1. The number of nitrogens with zero attached hydrogens (tertiary/aromatic N) is 5. The van der Waals surface area contributed by atoms with E-state index in [9.17, 15) is 4.79 Å². The van der Waals surface area contributed by atoms with E-state index >= 15 is 0 Å². The van der Waals surface area contributed by atoms with Crippen molar-refractivity contribution >= 4 is 11.8 Å². The van der Waals surface area contributed by atoms with E-state index in [-0.39, 0.29) is 12.2 Å². The summed E-state index contributed by atoms with van der Waals surface area (Å²) in [4.78, 5) is 25.2. The first kappa shape index (κ1) is 31.8. The van der Waals surface area contributed by atoms with Crippen molar-refractivity contribution in [2.75, 3.05) is 26.2 Å². The van der Waals surface area contributed by atoms with Crippen molar-refractivity contribution in [1.29, 1.82) is 5.26 Å². The number of aromatic nitrogens is 1. The number of aliphatic imine (C=N–C) groups is 1. The van der Waals surface area contributed by atoms with Crippen molar-refractivity contribution in [3.8, 4) is 6.07 Å². The summed E-state index contributed by atoms with van der Waals surface area (Å²) >= 11 is 0. The third-order valence-electron chi connectivity index (χ3n) is 6.75. The van der Waals surface area contributed by atoms with E-state index in [1.54, 1.807) is 12.3 Å². The average Bonchev–Trinajstić information content (AvgIpc) is 3.77. The predicted octanol–water partition coefficient (Wildman–Crippen LogP) is 7.07. The molecule has 1 aromatic heterocycles. The molecule has 1 amide bonds. The monoisotopic (exact) mass is 533 g/mol. The predicted molar refractivity (Wildman–Crippen MR) is 159 cm³/mol. The number of pyridine rings is 1. The van der Waals surface area contributed by atoms with E-state index in [1.807, 2.05) is 31.0 Å². The number of allylic oxidation sites excluding steroid dienone is 5. The second-order valence-corrected chi connectivity index (χ2v) is 10.3. The maximum Gasteiger partial charge on any atom is 0.410 e. The zero-order valence-electron chi connectivity index (χ0n) is 25.0. The lowest BCUT2D eigenvalue weighted by atomic mass is 9.95. The number of nitriles is 1. The zero-order valence-corrected chi connectivity index (χ0v) is 25.0. The molecular weight excluding hydrogens is 486 g/mol. The Kier molecular flexibility index (Phi) is 13.5. The minimum atomic E-state index is -0.203. The molecular formula is C32H47N5O2. The molecule has 7 heteroatoms. The second-order valence-electron chi connectivity index (χ2n) is 10.3. The van der Waals surface area contributed by atoms with Gasteiger partial charge in [-0.15, -0.1) is 0 Å². The molecule has 0 radical (unpaired) electrons. The largest absolute Gasteiger partial charge is 0.447 e. The quantitative estimate of drug-likeness (QED) is 0.250. The first-order valence-electron chi connectivity index (χ1n) is 14.4. The maximum atomic E-state index is 12.2. The minimum absolute atomic E-state index is 0.0791. The summed E-state index contributed by atoms with van der Waals surface area (Å²) in [6, 6.07) is 5.64. The number of hydrogen-bond acceptors (Lipinski definition) is 6. The van der Waals surface area contributed by atoms with Crippen LogP contribution in [0, 0.1) is 17.2 Å². The number of carbonyl (C=O) groups excluding carboxylic acids is 1. The van der Waals surface area contributed by atoms with Gasteiger partial charge in [0.1, 0.15) is 0 Å². The molecule has 7 nitrogen and oxygen atoms in total. The summed E-state index contributed by atoms with van der Waals surface area (Å²) in [5, 5.41) is 8.55. The first-order chi connectivity index (χ1) is 18.7. The van der Waals surface area contributed by atoms with Crippen LogP contribution in [0.4, 0.5) is 4.79 Å². The highest BCUT2D eigenvalue weighted by atomic mass is 16.6. The van der Waals surface area contributed by atoms with Crippen molar-refractivity contribution in [2.24, 2.45) is 10.9 Å². The summed E-state index contributed by atoms with van der Waals surface area (Å²) in [7, 11) is 0. The standard InChI is InChI=1S/C23H37N3O2.C9H10N2/c1-7-9-12-24-18(5)22(21(8-2)20-10-11-20)19(6)25-13-15-26(16-14-25)23(27)28-17(3)4;1-2-3-9-6-8(7-10)4-5-11-9/h8-9,12,17,20H,7,10-11,13-16H2,1-6H3;4-6H,2-3H2,1H3/b12-9+,21-8-,22-19-,24-18+;. The van der Waals surface area contributed by atoms with Gasteiger partial charge in [0.2, 0.25) is 0 Å². The van der Waals surface area contributed by atoms with Gasteiger partial charge in [0.05, 0.1) is 17.7 Å². The molecule has 212 valence electrons. The topological polar surface area (TPSA) is 81.8 Å². The fourth-order valence-electron chi connectivity index (χ4n) is 4.59. The van der Waals surface area contributed by atoms with Gasteiger partial charge in [-0.05, 0) is 83.9 Å². The normalized spacial score (nSPS) is 17.0. The lowest BCUT2D eigenvalue weighted by Crippen LogP contribution is -2.48. The van der Waals surface area contributed by atoms with Crippen LogP contribution in [0.5, 0.6) is 0 Å². The Morgan fingerprint density at radius 3 is 2.41 bits per heavy atom. The Labute approximate surface area is 236 Å². The van der Waals surface area contributed by atoms with Gasteiger partial charge in [0.25, 0.3) is 0 Å². The first-order valence-corrected chi connectivity index (χ1v) is 14.4. The van der Waals surface area contributed by atoms with Crippen LogP contribution in [-0.2, 0) is 11.2 Å². The van der Waals surface area contributed by atoms with Gasteiger partial charge >= 0.3 is 6.09 Å². The summed E-state index contributed by atoms with van der Waals surface area (Å²) in [6.45, 7) is 17.5. The molecule has 39 heavy (non-hydrogen) atoms. The molecule has 0 N–H and O–H groups in total. The lowest BCUT2D eigenvalue weighted by Gasteiger charge is -2.37. The number of hydrogen-bond donors (Lipinski definition) is 0. The highest BCUT2D eigenvalue weighted by Gasteiger charge is 2.31. The Morgan fingerprint density at radius 1 is 1.21 bits per heavy atom. The van der Waals surface area contributed by atoms with Crippen LogP contribution in [0.2, 0.25) is 0 Å².